The van der Waals surface area contributed by atoms with Crippen molar-refractivity contribution in [2.75, 3.05) is 27.4 Å². The van der Waals surface area contributed by atoms with E-state index in [1.807, 2.05) is 116 Å². The number of hydrogen-bond acceptors (Lipinski definition) is 9. The number of aromatic amines is 1. The Bertz CT molecular complexity index is 2620. The molecule has 3 N–H and O–H groups in total. The molecule has 4 atom stereocenters. The van der Waals surface area contributed by atoms with Crippen molar-refractivity contribution in [3.63, 3.8) is 0 Å². The van der Waals surface area contributed by atoms with Crippen molar-refractivity contribution in [1.82, 2.24) is 19.4 Å². The van der Waals surface area contributed by atoms with Crippen molar-refractivity contribution in [3.05, 3.63) is 164 Å². The molecule has 0 spiro atoms. The fourth-order valence-corrected chi connectivity index (χ4v) is 9.15. The number of fused-ring (bicyclic) bond motifs is 1. The van der Waals surface area contributed by atoms with Gasteiger partial charge in [0, 0.05) is 35.7 Å². The SMILES string of the molecule is COc1ccc(C(OC[C@H]2O[C@@H](n3cc(C(=O)NCCc4cn(C(=O)C5(C)CCCC5)c5ccccc45)c(=O)[nH]c3=O)[C@@H](C)C2O)(c2ccccc2)c2ccc(OC)cc2)cc1. The van der Waals surface area contributed by atoms with Crippen LogP contribution in [0.15, 0.2) is 125 Å². The predicted octanol–water partition coefficient (Wildman–Crippen LogP) is 6.60. The van der Waals surface area contributed by atoms with E-state index < -0.39 is 52.5 Å². The van der Waals surface area contributed by atoms with Gasteiger partial charge in [0.1, 0.15) is 35.0 Å². The van der Waals surface area contributed by atoms with Gasteiger partial charge in [-0.2, -0.15) is 0 Å². The molecule has 2 aromatic heterocycles. The Morgan fingerprint density at radius 3 is 2.08 bits per heavy atom. The summed E-state index contributed by atoms with van der Waals surface area (Å²) in [5, 5.41) is 15.4. The predicted molar refractivity (Wildman–Crippen MR) is 234 cm³/mol. The van der Waals surface area contributed by atoms with Crippen LogP contribution in [0.25, 0.3) is 10.9 Å². The third-order valence-corrected chi connectivity index (χ3v) is 12.7. The van der Waals surface area contributed by atoms with Gasteiger partial charge in [0.05, 0.1) is 32.4 Å². The number of carbonyl (C=O) groups is 2. The molecule has 13 heteroatoms. The minimum absolute atomic E-state index is 0.0718. The smallest absolute Gasteiger partial charge is 0.330 e. The number of nitrogens with one attached hydrogen (secondary N) is 2. The summed E-state index contributed by atoms with van der Waals surface area (Å²) in [6.45, 7) is 3.82. The van der Waals surface area contributed by atoms with Gasteiger partial charge in [-0.1, -0.05) is 99.5 Å². The highest BCUT2D eigenvalue weighted by Gasteiger charge is 2.46. The number of carbonyl (C=O) groups excluding carboxylic acids is 2. The van der Waals surface area contributed by atoms with E-state index in [0.717, 1.165) is 63.4 Å². The lowest BCUT2D eigenvalue weighted by atomic mass is 9.80. The third-order valence-electron chi connectivity index (χ3n) is 12.7. The molecule has 1 amide bonds. The molecule has 0 radical (unpaired) electrons. The lowest BCUT2D eigenvalue weighted by Gasteiger charge is -2.37. The number of ether oxygens (including phenoxy) is 4. The van der Waals surface area contributed by atoms with Crippen LogP contribution in [0, 0.1) is 11.3 Å². The average Bonchev–Trinajstić information content (AvgIpc) is 3.99. The molecule has 8 rings (SSSR count). The van der Waals surface area contributed by atoms with Gasteiger partial charge in [0.25, 0.3) is 11.5 Å². The van der Waals surface area contributed by atoms with Crippen LogP contribution in [-0.2, 0) is 21.5 Å². The van der Waals surface area contributed by atoms with Gasteiger partial charge >= 0.3 is 5.69 Å². The van der Waals surface area contributed by atoms with Crippen molar-refractivity contribution in [2.24, 2.45) is 11.3 Å². The number of para-hydroxylation sites is 1. The first-order valence-corrected chi connectivity index (χ1v) is 21.1. The van der Waals surface area contributed by atoms with E-state index in [0.29, 0.717) is 17.9 Å². The van der Waals surface area contributed by atoms with Gasteiger partial charge in [-0.15, -0.1) is 0 Å². The second kappa shape index (κ2) is 17.6. The van der Waals surface area contributed by atoms with Crippen molar-refractivity contribution >= 4 is 22.7 Å². The summed E-state index contributed by atoms with van der Waals surface area (Å²) in [7, 11) is 3.20. The molecular formula is C49H52N4O9. The van der Waals surface area contributed by atoms with Crippen LogP contribution < -0.4 is 26.0 Å². The van der Waals surface area contributed by atoms with Crippen LogP contribution in [0.5, 0.6) is 11.5 Å². The highest BCUT2D eigenvalue weighted by atomic mass is 16.6. The Kier molecular flexibility index (Phi) is 12.0. The van der Waals surface area contributed by atoms with Crippen LogP contribution in [0.3, 0.4) is 0 Å². The molecule has 1 aliphatic heterocycles. The second-order valence-corrected chi connectivity index (χ2v) is 16.6. The van der Waals surface area contributed by atoms with Crippen LogP contribution in [-0.4, -0.2) is 70.6 Å². The van der Waals surface area contributed by atoms with Crippen LogP contribution in [0.2, 0.25) is 0 Å². The molecule has 1 saturated carbocycles. The lowest BCUT2D eigenvalue weighted by Crippen LogP contribution is -2.39. The summed E-state index contributed by atoms with van der Waals surface area (Å²) >= 11 is 0. The van der Waals surface area contributed by atoms with E-state index in [1.54, 1.807) is 25.7 Å². The van der Waals surface area contributed by atoms with Gasteiger partial charge in [0.2, 0.25) is 5.91 Å². The van der Waals surface area contributed by atoms with Crippen molar-refractivity contribution < 1.29 is 33.6 Å². The zero-order valence-corrected chi connectivity index (χ0v) is 35.3. The summed E-state index contributed by atoms with van der Waals surface area (Å²) in [4.78, 5) is 56.1. The molecule has 1 saturated heterocycles. The van der Waals surface area contributed by atoms with E-state index >= 15 is 0 Å². The molecule has 2 fully saturated rings. The molecule has 0 bridgehead atoms. The molecule has 1 unspecified atom stereocenters. The number of nitrogens with zero attached hydrogens (tertiary/aromatic N) is 2. The number of rotatable bonds is 14. The van der Waals surface area contributed by atoms with Gasteiger partial charge in [-0.05, 0) is 71.8 Å². The largest absolute Gasteiger partial charge is 0.497 e. The Morgan fingerprint density at radius 1 is 0.855 bits per heavy atom. The minimum atomic E-state index is -1.19. The van der Waals surface area contributed by atoms with Crippen molar-refractivity contribution in [2.45, 2.75) is 70.0 Å². The number of benzene rings is 4. The normalized spacial score (nSPS) is 19.7. The number of amides is 1. The number of H-pyrrole nitrogens is 1. The number of aromatic nitrogens is 3. The monoisotopic (exact) mass is 840 g/mol. The molecule has 4 aromatic carbocycles. The molecule has 6 aromatic rings. The topological polar surface area (TPSA) is 163 Å². The van der Waals surface area contributed by atoms with Crippen LogP contribution in [0.4, 0.5) is 0 Å². The summed E-state index contributed by atoms with van der Waals surface area (Å²) in [6.07, 6.45) is 4.13. The number of methoxy groups -OCH3 is 2. The Labute approximate surface area is 359 Å². The fourth-order valence-electron chi connectivity index (χ4n) is 9.15. The Balaban J connectivity index is 1.02. The van der Waals surface area contributed by atoms with E-state index in [4.69, 9.17) is 18.9 Å². The van der Waals surface area contributed by atoms with E-state index in [-0.39, 0.29) is 24.6 Å². The highest BCUT2D eigenvalue weighted by molar-refractivity contribution is 5.97. The standard InChI is InChI=1S/C49H52N4O9/c1-31-42(54)41(30-61-49(33-12-6-5-7-13-33,34-16-20-36(59-3)21-17-34)35-18-22-37(60-4)23-19-35)62-45(31)53-29-39(44(56)51-47(53)58)43(55)50-27-24-32-28-52(40-15-9-8-14-38(32)40)46(57)48(2)25-10-11-26-48/h5-9,12-23,28-29,31,41-42,45,54H,10-11,24-27,30H2,1-4H3,(H,50,55)(H,51,56,58)/t31-,41+,42?,45+/m0/s1. The van der Waals surface area contributed by atoms with Gasteiger partial charge in [-0.25, -0.2) is 4.79 Å². The van der Waals surface area contributed by atoms with Gasteiger partial charge in [-0.3, -0.25) is 28.5 Å². The highest BCUT2D eigenvalue weighted by Crippen LogP contribution is 2.44. The Hall–Kier alpha value is -6.28. The maximum Gasteiger partial charge on any atom is 0.330 e. The summed E-state index contributed by atoms with van der Waals surface area (Å²) in [6, 6.07) is 32.5. The van der Waals surface area contributed by atoms with Crippen LogP contribution in [0.1, 0.15) is 83.2 Å². The molecular weight excluding hydrogens is 789 g/mol. The van der Waals surface area contributed by atoms with Crippen molar-refractivity contribution in [1.29, 1.82) is 0 Å². The number of aliphatic hydroxyl groups is 1. The lowest BCUT2D eigenvalue weighted by molar-refractivity contribution is -0.0948. The summed E-state index contributed by atoms with van der Waals surface area (Å²) in [5.41, 5.74) is 0.564. The molecule has 2 aliphatic rings. The second-order valence-electron chi connectivity index (χ2n) is 16.6. The van der Waals surface area contributed by atoms with Crippen LogP contribution >= 0.6 is 0 Å². The first-order valence-electron chi connectivity index (χ1n) is 21.1. The first kappa shape index (κ1) is 42.4. The molecule has 3 heterocycles. The van der Waals surface area contributed by atoms with E-state index in [9.17, 15) is 24.3 Å². The number of hydrogen-bond donors (Lipinski definition) is 3. The first-order chi connectivity index (χ1) is 30.0. The fraction of sp³-hybridized carbons (Fsp3) is 0.347. The average molecular weight is 841 g/mol. The molecule has 322 valence electrons. The zero-order valence-electron chi connectivity index (χ0n) is 35.3. The minimum Gasteiger partial charge on any atom is -0.497 e. The maximum atomic E-state index is 13.7. The molecule has 62 heavy (non-hydrogen) atoms. The molecule has 1 aliphatic carbocycles. The van der Waals surface area contributed by atoms with Crippen molar-refractivity contribution in [3.8, 4) is 11.5 Å². The van der Waals surface area contributed by atoms with E-state index in [2.05, 4.69) is 10.3 Å². The van der Waals surface area contributed by atoms with Gasteiger partial charge in [0.15, 0.2) is 0 Å². The zero-order chi connectivity index (χ0) is 43.6. The summed E-state index contributed by atoms with van der Waals surface area (Å²) in [5.74, 6) is 0.0731. The van der Waals surface area contributed by atoms with E-state index in [1.165, 1.54) is 6.20 Å². The summed E-state index contributed by atoms with van der Waals surface area (Å²) < 4.78 is 27.2. The van der Waals surface area contributed by atoms with Gasteiger partial charge < -0.3 is 29.4 Å². The number of aliphatic hydroxyl groups excluding tert-OH is 1. The third kappa shape index (κ3) is 7.87. The quantitative estimate of drug-likeness (QED) is 0.103. The Morgan fingerprint density at radius 2 is 1.45 bits per heavy atom. The molecule has 13 nitrogen and oxygen atoms in total. The maximum absolute atomic E-state index is 13.7.